The fourth-order valence-electron chi connectivity index (χ4n) is 2.83. The third kappa shape index (κ3) is 3.34. The predicted octanol–water partition coefficient (Wildman–Crippen LogP) is 3.06. The minimum Gasteiger partial charge on any atom is -0.468 e. The van der Waals surface area contributed by atoms with Crippen molar-refractivity contribution in [2.24, 2.45) is 0 Å². The molecule has 3 rings (SSSR count). The van der Waals surface area contributed by atoms with E-state index >= 15 is 0 Å². The van der Waals surface area contributed by atoms with Gasteiger partial charge in [0.2, 0.25) is 0 Å². The van der Waals surface area contributed by atoms with Crippen LogP contribution in [0.2, 0.25) is 0 Å². The average molecular weight is 285 g/mol. The molecule has 0 saturated carbocycles. The van der Waals surface area contributed by atoms with E-state index in [0.717, 1.165) is 30.1 Å². The first-order valence-corrected chi connectivity index (χ1v) is 7.45. The van der Waals surface area contributed by atoms with Crippen molar-refractivity contribution in [2.75, 3.05) is 6.54 Å². The summed E-state index contributed by atoms with van der Waals surface area (Å²) < 4.78 is 10.9. The predicted molar refractivity (Wildman–Crippen MR) is 76.2 cm³/mol. The van der Waals surface area contributed by atoms with Gasteiger partial charge >= 0.3 is 0 Å². The highest BCUT2D eigenvalue weighted by Crippen LogP contribution is 2.25. The van der Waals surface area contributed by atoms with Crippen LogP contribution < -0.4 is 0 Å². The Morgan fingerprint density at radius 1 is 1.29 bits per heavy atom. The van der Waals surface area contributed by atoms with Gasteiger partial charge in [-0.1, -0.05) is 5.16 Å². The molecule has 21 heavy (non-hydrogen) atoms. The molecule has 0 N–H and O–H groups in total. The van der Waals surface area contributed by atoms with Gasteiger partial charge in [0.25, 0.3) is 0 Å². The normalized spacial score (nSPS) is 14.1. The third-order valence-electron chi connectivity index (χ3n) is 3.90. The van der Waals surface area contributed by atoms with Crippen molar-refractivity contribution in [3.05, 3.63) is 41.2 Å². The van der Waals surface area contributed by atoms with Gasteiger partial charge in [0.15, 0.2) is 0 Å². The van der Waals surface area contributed by atoms with Gasteiger partial charge in [0.05, 0.1) is 18.9 Å². The van der Waals surface area contributed by atoms with Crippen LogP contribution in [0.1, 0.15) is 42.0 Å². The number of fused-ring (bicyclic) bond motifs is 1. The molecule has 0 unspecified atom stereocenters. The molecule has 2 aromatic rings. The lowest BCUT2D eigenvalue weighted by atomic mass is 9.96. The first kappa shape index (κ1) is 13.9. The van der Waals surface area contributed by atoms with Crippen molar-refractivity contribution in [1.82, 2.24) is 10.1 Å². The van der Waals surface area contributed by atoms with E-state index in [-0.39, 0.29) is 0 Å². The number of rotatable bonds is 6. The van der Waals surface area contributed by atoms with E-state index in [4.69, 9.17) is 14.2 Å². The van der Waals surface area contributed by atoms with E-state index in [1.165, 1.54) is 18.4 Å². The number of furan rings is 1. The Kier molecular flexibility index (Phi) is 4.37. The highest BCUT2D eigenvalue weighted by molar-refractivity contribution is 5.25. The molecule has 0 bridgehead atoms. The van der Waals surface area contributed by atoms with Crippen molar-refractivity contribution < 1.29 is 8.94 Å². The first-order chi connectivity index (χ1) is 10.4. The Morgan fingerprint density at radius 2 is 2.19 bits per heavy atom. The number of nitriles is 1. The molecule has 0 fully saturated rings. The van der Waals surface area contributed by atoms with Crippen LogP contribution in [0.4, 0.5) is 0 Å². The maximum atomic E-state index is 8.83. The maximum absolute atomic E-state index is 8.83. The Balaban J connectivity index is 1.71. The lowest BCUT2D eigenvalue weighted by Gasteiger charge is -2.19. The standard InChI is InChI=1S/C16H19N3O2/c17-8-4-9-19(11-13-5-3-10-20-13)12-15-14-6-1-2-7-16(14)21-18-15/h3,5,10H,1-2,4,6-7,9,11-12H2. The van der Waals surface area contributed by atoms with Crippen molar-refractivity contribution in [2.45, 2.75) is 45.2 Å². The molecule has 1 aliphatic carbocycles. The van der Waals surface area contributed by atoms with Gasteiger partial charge in [-0.05, 0) is 31.4 Å². The maximum Gasteiger partial charge on any atom is 0.140 e. The van der Waals surface area contributed by atoms with Crippen molar-refractivity contribution >= 4 is 0 Å². The molecule has 0 atom stereocenters. The molecule has 2 heterocycles. The molecular weight excluding hydrogens is 266 g/mol. The molecular formula is C16H19N3O2. The van der Waals surface area contributed by atoms with Crippen LogP contribution in [0.15, 0.2) is 27.3 Å². The van der Waals surface area contributed by atoms with E-state index in [1.54, 1.807) is 6.26 Å². The zero-order valence-corrected chi connectivity index (χ0v) is 12.0. The smallest absolute Gasteiger partial charge is 0.140 e. The van der Waals surface area contributed by atoms with Crippen LogP contribution in [0, 0.1) is 11.3 Å². The van der Waals surface area contributed by atoms with Crippen LogP contribution >= 0.6 is 0 Å². The molecule has 0 aliphatic heterocycles. The molecule has 0 radical (unpaired) electrons. The van der Waals surface area contributed by atoms with Gasteiger partial charge in [-0.3, -0.25) is 4.90 Å². The summed E-state index contributed by atoms with van der Waals surface area (Å²) in [5.74, 6) is 1.96. The Morgan fingerprint density at radius 3 is 3.00 bits per heavy atom. The second-order valence-corrected chi connectivity index (χ2v) is 5.44. The number of hydrogen-bond donors (Lipinski definition) is 0. The number of aromatic nitrogens is 1. The summed E-state index contributed by atoms with van der Waals surface area (Å²) in [4.78, 5) is 2.19. The Labute approximate surface area is 124 Å². The summed E-state index contributed by atoms with van der Waals surface area (Å²) in [6.45, 7) is 2.11. The van der Waals surface area contributed by atoms with Gasteiger partial charge < -0.3 is 8.94 Å². The van der Waals surface area contributed by atoms with Crippen LogP contribution in [0.3, 0.4) is 0 Å². The molecule has 110 valence electrons. The van der Waals surface area contributed by atoms with E-state index in [9.17, 15) is 0 Å². The van der Waals surface area contributed by atoms with E-state index in [2.05, 4.69) is 16.1 Å². The van der Waals surface area contributed by atoms with E-state index in [0.29, 0.717) is 26.1 Å². The quantitative estimate of drug-likeness (QED) is 0.816. The second-order valence-electron chi connectivity index (χ2n) is 5.44. The zero-order chi connectivity index (χ0) is 14.5. The number of nitrogens with zero attached hydrogens (tertiary/aromatic N) is 3. The topological polar surface area (TPSA) is 66.2 Å². The van der Waals surface area contributed by atoms with E-state index < -0.39 is 0 Å². The Hall–Kier alpha value is -2.06. The summed E-state index contributed by atoms with van der Waals surface area (Å²) in [5, 5.41) is 13.1. The summed E-state index contributed by atoms with van der Waals surface area (Å²) in [6, 6.07) is 6.04. The van der Waals surface area contributed by atoms with Gasteiger partial charge in [-0.2, -0.15) is 5.26 Å². The van der Waals surface area contributed by atoms with Crippen LogP contribution in [-0.4, -0.2) is 16.6 Å². The van der Waals surface area contributed by atoms with Gasteiger partial charge in [0.1, 0.15) is 17.2 Å². The minimum absolute atomic E-state index is 0.501. The summed E-state index contributed by atoms with van der Waals surface area (Å²) >= 11 is 0. The highest BCUT2D eigenvalue weighted by Gasteiger charge is 2.21. The third-order valence-corrected chi connectivity index (χ3v) is 3.90. The van der Waals surface area contributed by atoms with Gasteiger partial charge in [-0.25, -0.2) is 0 Å². The molecule has 0 spiro atoms. The van der Waals surface area contributed by atoms with Crippen LogP contribution in [0.5, 0.6) is 0 Å². The lowest BCUT2D eigenvalue weighted by molar-refractivity contribution is 0.232. The molecule has 5 heteroatoms. The van der Waals surface area contributed by atoms with Crippen molar-refractivity contribution in [3.8, 4) is 6.07 Å². The number of aryl methyl sites for hydroxylation is 1. The molecule has 5 nitrogen and oxygen atoms in total. The van der Waals surface area contributed by atoms with Crippen LogP contribution in [-0.2, 0) is 25.9 Å². The molecule has 0 amide bonds. The zero-order valence-electron chi connectivity index (χ0n) is 12.0. The second kappa shape index (κ2) is 6.59. The fraction of sp³-hybridized carbons (Fsp3) is 0.500. The molecule has 2 aromatic heterocycles. The van der Waals surface area contributed by atoms with Crippen molar-refractivity contribution in [3.63, 3.8) is 0 Å². The number of hydrogen-bond acceptors (Lipinski definition) is 5. The van der Waals surface area contributed by atoms with Gasteiger partial charge in [-0.15, -0.1) is 0 Å². The largest absolute Gasteiger partial charge is 0.468 e. The average Bonchev–Trinajstić information content (AvgIpc) is 3.15. The lowest BCUT2D eigenvalue weighted by Crippen LogP contribution is -2.24. The SMILES string of the molecule is N#CCCN(Cc1ccco1)Cc1noc2c1CCCC2. The summed E-state index contributed by atoms with van der Waals surface area (Å²) in [5.41, 5.74) is 2.30. The Bertz CT molecular complexity index is 610. The first-order valence-electron chi connectivity index (χ1n) is 7.45. The monoisotopic (exact) mass is 285 g/mol. The van der Waals surface area contributed by atoms with Crippen molar-refractivity contribution in [1.29, 1.82) is 5.26 Å². The summed E-state index contributed by atoms with van der Waals surface area (Å²) in [6.07, 6.45) is 6.63. The van der Waals surface area contributed by atoms with E-state index in [1.807, 2.05) is 12.1 Å². The molecule has 0 aromatic carbocycles. The highest BCUT2D eigenvalue weighted by atomic mass is 16.5. The molecule has 1 aliphatic rings. The van der Waals surface area contributed by atoms with Gasteiger partial charge in [0, 0.05) is 31.5 Å². The molecule has 0 saturated heterocycles. The fourth-order valence-corrected chi connectivity index (χ4v) is 2.83. The van der Waals surface area contributed by atoms with Crippen LogP contribution in [0.25, 0.3) is 0 Å². The summed E-state index contributed by atoms with van der Waals surface area (Å²) in [7, 11) is 0. The minimum atomic E-state index is 0.501.